The molecule has 2 aromatic rings. The molecule has 2 rings (SSSR count). The quantitative estimate of drug-likeness (QED) is 0.737. The normalized spacial score (nSPS) is 11.5. The molecule has 4 heteroatoms. The van der Waals surface area contributed by atoms with Gasteiger partial charge in [0.15, 0.2) is 11.6 Å². The summed E-state index contributed by atoms with van der Waals surface area (Å²) in [5.41, 5.74) is 1.69. The van der Waals surface area contributed by atoms with Gasteiger partial charge in [0.25, 0.3) is 0 Å². The molecule has 0 fully saturated rings. The van der Waals surface area contributed by atoms with Gasteiger partial charge in [0, 0.05) is 18.9 Å². The van der Waals surface area contributed by atoms with Crippen LogP contribution in [-0.4, -0.2) is 36.0 Å². The molecule has 0 aliphatic heterocycles. The van der Waals surface area contributed by atoms with Crippen LogP contribution in [0.25, 0.3) is 5.52 Å². The molecule has 3 nitrogen and oxygen atoms in total. The summed E-state index contributed by atoms with van der Waals surface area (Å²) in [7, 11) is 1.50. The smallest absolute Gasteiger partial charge is 0.189 e. The Hall–Kier alpha value is -1.55. The summed E-state index contributed by atoms with van der Waals surface area (Å²) < 4.78 is 21.3. The number of halogens is 1. The molecular formula is C17H25FN2O. The molecule has 0 saturated carbocycles. The van der Waals surface area contributed by atoms with Gasteiger partial charge in [-0.1, -0.05) is 13.8 Å². The van der Waals surface area contributed by atoms with E-state index in [4.69, 9.17) is 4.74 Å². The molecule has 0 amide bonds. The Morgan fingerprint density at radius 3 is 2.38 bits per heavy atom. The molecule has 0 aliphatic rings. The Labute approximate surface area is 126 Å². The third-order valence-electron chi connectivity index (χ3n) is 3.81. The van der Waals surface area contributed by atoms with Crippen LogP contribution in [0.15, 0.2) is 24.5 Å². The van der Waals surface area contributed by atoms with Crippen molar-refractivity contribution in [1.82, 2.24) is 9.30 Å². The number of nitrogens with zero attached hydrogens (tertiary/aromatic N) is 2. The van der Waals surface area contributed by atoms with Crippen LogP contribution in [0.1, 0.15) is 32.3 Å². The highest BCUT2D eigenvalue weighted by Gasteiger charge is 2.13. The Kier molecular flexibility index (Phi) is 5.62. The Bertz CT molecular complexity index is 573. The van der Waals surface area contributed by atoms with Gasteiger partial charge in [-0.25, -0.2) is 4.39 Å². The molecule has 0 saturated heterocycles. The highest BCUT2D eigenvalue weighted by Crippen LogP contribution is 2.25. The fraction of sp³-hybridized carbons (Fsp3) is 0.529. The van der Waals surface area contributed by atoms with Crippen LogP contribution >= 0.6 is 0 Å². The lowest BCUT2D eigenvalue weighted by Gasteiger charge is -2.20. The zero-order valence-corrected chi connectivity index (χ0v) is 13.2. The standard InChI is InChI=1S/C17H25FN2O/c1-4-9-19(10-5-2)11-6-14-7-12-20-13-8-15(21-3)16(18)17(14)20/h7-8,12-13H,4-6,9-11H2,1-3H3. The third-order valence-corrected chi connectivity index (χ3v) is 3.81. The third kappa shape index (κ3) is 3.56. The lowest BCUT2D eigenvalue weighted by atomic mass is 10.1. The van der Waals surface area contributed by atoms with Gasteiger partial charge in [-0.15, -0.1) is 0 Å². The Balaban J connectivity index is 2.18. The second kappa shape index (κ2) is 7.46. The van der Waals surface area contributed by atoms with Gasteiger partial charge in [0.05, 0.1) is 12.6 Å². The second-order valence-electron chi connectivity index (χ2n) is 5.39. The van der Waals surface area contributed by atoms with Crippen molar-refractivity contribution in [1.29, 1.82) is 0 Å². The molecule has 2 heterocycles. The van der Waals surface area contributed by atoms with E-state index in [0.29, 0.717) is 11.3 Å². The highest BCUT2D eigenvalue weighted by atomic mass is 19.1. The Morgan fingerprint density at radius 1 is 1.10 bits per heavy atom. The molecule has 0 radical (unpaired) electrons. The fourth-order valence-electron chi connectivity index (χ4n) is 2.81. The maximum Gasteiger partial charge on any atom is 0.189 e. The minimum absolute atomic E-state index is 0.266. The molecular weight excluding hydrogens is 267 g/mol. The summed E-state index contributed by atoms with van der Waals surface area (Å²) in [6.07, 6.45) is 6.92. The summed E-state index contributed by atoms with van der Waals surface area (Å²) in [4.78, 5) is 2.45. The molecule has 0 atom stereocenters. The van der Waals surface area contributed by atoms with Crippen molar-refractivity contribution < 1.29 is 9.13 Å². The lowest BCUT2D eigenvalue weighted by Crippen LogP contribution is -2.27. The van der Waals surface area contributed by atoms with E-state index in [1.807, 2.05) is 22.9 Å². The van der Waals surface area contributed by atoms with Crippen LogP contribution in [0.3, 0.4) is 0 Å². The maximum absolute atomic E-state index is 14.4. The minimum atomic E-state index is -0.266. The molecule has 0 bridgehead atoms. The van der Waals surface area contributed by atoms with Gasteiger partial charge in [-0.2, -0.15) is 0 Å². The average Bonchev–Trinajstić information content (AvgIpc) is 2.90. The summed E-state index contributed by atoms with van der Waals surface area (Å²) in [5.74, 6) is 0.0407. The molecule has 116 valence electrons. The number of pyridine rings is 1. The van der Waals surface area contributed by atoms with Gasteiger partial charge in [-0.05, 0) is 50.0 Å². The predicted molar refractivity (Wildman–Crippen MR) is 84.6 cm³/mol. The van der Waals surface area contributed by atoms with Crippen LogP contribution in [0.4, 0.5) is 4.39 Å². The second-order valence-corrected chi connectivity index (χ2v) is 5.39. The van der Waals surface area contributed by atoms with E-state index in [-0.39, 0.29) is 5.82 Å². The fourth-order valence-corrected chi connectivity index (χ4v) is 2.81. The van der Waals surface area contributed by atoms with Gasteiger partial charge in [-0.3, -0.25) is 0 Å². The van der Waals surface area contributed by atoms with Crippen LogP contribution in [0.2, 0.25) is 0 Å². The molecule has 0 spiro atoms. The summed E-state index contributed by atoms with van der Waals surface area (Å²) in [6, 6.07) is 3.67. The van der Waals surface area contributed by atoms with Gasteiger partial charge >= 0.3 is 0 Å². The van der Waals surface area contributed by atoms with Crippen LogP contribution in [0.5, 0.6) is 5.75 Å². The van der Waals surface area contributed by atoms with Crippen molar-refractivity contribution in [3.63, 3.8) is 0 Å². The van der Waals surface area contributed by atoms with Gasteiger partial charge < -0.3 is 14.0 Å². The van der Waals surface area contributed by atoms with Crippen molar-refractivity contribution in [2.75, 3.05) is 26.7 Å². The molecule has 2 aromatic heterocycles. The first-order valence-corrected chi connectivity index (χ1v) is 7.75. The van der Waals surface area contributed by atoms with E-state index < -0.39 is 0 Å². The van der Waals surface area contributed by atoms with Gasteiger partial charge in [0.2, 0.25) is 0 Å². The number of hydrogen-bond acceptors (Lipinski definition) is 2. The van der Waals surface area contributed by atoms with Gasteiger partial charge in [0.1, 0.15) is 0 Å². The first kappa shape index (κ1) is 15.8. The number of rotatable bonds is 8. The van der Waals surface area contributed by atoms with E-state index in [1.165, 1.54) is 7.11 Å². The monoisotopic (exact) mass is 292 g/mol. The van der Waals surface area contributed by atoms with Crippen molar-refractivity contribution in [3.8, 4) is 5.75 Å². The van der Waals surface area contributed by atoms with Crippen molar-refractivity contribution in [3.05, 3.63) is 35.9 Å². The van der Waals surface area contributed by atoms with E-state index in [9.17, 15) is 4.39 Å². The molecule has 0 unspecified atom stereocenters. The number of methoxy groups -OCH3 is 1. The molecule has 0 aromatic carbocycles. The van der Waals surface area contributed by atoms with Crippen molar-refractivity contribution >= 4 is 5.52 Å². The first-order chi connectivity index (χ1) is 10.2. The summed E-state index contributed by atoms with van der Waals surface area (Å²) >= 11 is 0. The van der Waals surface area contributed by atoms with Crippen LogP contribution in [-0.2, 0) is 6.42 Å². The molecule has 0 aliphatic carbocycles. The molecule has 21 heavy (non-hydrogen) atoms. The highest BCUT2D eigenvalue weighted by molar-refractivity contribution is 5.60. The van der Waals surface area contributed by atoms with Crippen molar-refractivity contribution in [2.45, 2.75) is 33.1 Å². The largest absolute Gasteiger partial charge is 0.494 e. The average molecular weight is 292 g/mol. The number of fused-ring (bicyclic) bond motifs is 1. The van der Waals surface area contributed by atoms with E-state index in [2.05, 4.69) is 18.7 Å². The van der Waals surface area contributed by atoms with E-state index in [1.54, 1.807) is 6.07 Å². The minimum Gasteiger partial charge on any atom is -0.494 e. The van der Waals surface area contributed by atoms with E-state index in [0.717, 1.165) is 44.5 Å². The van der Waals surface area contributed by atoms with E-state index >= 15 is 0 Å². The van der Waals surface area contributed by atoms with Crippen LogP contribution in [0, 0.1) is 5.82 Å². The molecule has 0 N–H and O–H groups in total. The zero-order valence-electron chi connectivity index (χ0n) is 13.2. The maximum atomic E-state index is 14.4. The lowest BCUT2D eigenvalue weighted by molar-refractivity contribution is 0.278. The number of ether oxygens (including phenoxy) is 1. The SMILES string of the molecule is CCCN(CCC)CCc1ccn2ccc(OC)c(F)c12. The zero-order chi connectivity index (χ0) is 15.2. The summed E-state index contributed by atoms with van der Waals surface area (Å²) in [6.45, 7) is 7.57. The Morgan fingerprint density at radius 2 is 1.76 bits per heavy atom. The number of hydrogen-bond donors (Lipinski definition) is 0. The van der Waals surface area contributed by atoms with Crippen molar-refractivity contribution in [2.24, 2.45) is 0 Å². The summed E-state index contributed by atoms with van der Waals surface area (Å²) in [5, 5.41) is 0. The topological polar surface area (TPSA) is 16.9 Å². The number of aromatic nitrogens is 1. The van der Waals surface area contributed by atoms with Crippen LogP contribution < -0.4 is 4.74 Å². The first-order valence-electron chi connectivity index (χ1n) is 7.75. The predicted octanol–water partition coefficient (Wildman–Crippen LogP) is 3.75.